The summed E-state index contributed by atoms with van der Waals surface area (Å²) in [5.74, 6) is -0.108. The van der Waals surface area contributed by atoms with Gasteiger partial charge in [-0.25, -0.2) is 0 Å². The van der Waals surface area contributed by atoms with Crippen molar-refractivity contribution < 1.29 is 13.9 Å². The Hall–Kier alpha value is -2.69. The van der Waals surface area contributed by atoms with Crippen LogP contribution in [0.1, 0.15) is 81.5 Å². The first kappa shape index (κ1) is 27.9. The molecule has 1 aromatic heterocycles. The number of carbonyl (C=O) groups is 1. The Morgan fingerprint density at radius 1 is 1.31 bits per heavy atom. The molecule has 1 spiro atoms. The average Bonchev–Trinajstić information content (AvgIpc) is 3.52. The van der Waals surface area contributed by atoms with Gasteiger partial charge in [0.1, 0.15) is 11.7 Å². The van der Waals surface area contributed by atoms with Crippen molar-refractivity contribution in [2.75, 3.05) is 40.3 Å². The number of aliphatic imine (C=N–C) groups is 1. The van der Waals surface area contributed by atoms with Gasteiger partial charge >= 0.3 is 0 Å². The highest BCUT2D eigenvalue weighted by Crippen LogP contribution is 2.48. The molecule has 7 nitrogen and oxygen atoms in total. The van der Waals surface area contributed by atoms with Crippen molar-refractivity contribution in [3.63, 3.8) is 0 Å². The van der Waals surface area contributed by atoms with E-state index in [1.807, 2.05) is 18.2 Å². The maximum absolute atomic E-state index is 12.3. The fraction of sp³-hybridized carbons (Fsp3) is 0.621. The van der Waals surface area contributed by atoms with E-state index in [9.17, 15) is 4.79 Å². The highest BCUT2D eigenvalue weighted by molar-refractivity contribution is 6.01. The van der Waals surface area contributed by atoms with Crippen molar-refractivity contribution in [1.82, 2.24) is 10.2 Å². The van der Waals surface area contributed by atoms with Gasteiger partial charge in [0.25, 0.3) is 5.91 Å². The second kappa shape index (κ2) is 13.0. The van der Waals surface area contributed by atoms with Crippen LogP contribution < -0.4 is 5.32 Å². The first-order chi connectivity index (χ1) is 17.2. The molecule has 2 aliphatic rings. The molecule has 196 valence electrons. The number of nitrogens with one attached hydrogen (secondary N) is 1. The van der Waals surface area contributed by atoms with E-state index in [2.05, 4.69) is 44.2 Å². The van der Waals surface area contributed by atoms with Crippen LogP contribution in [-0.2, 0) is 4.74 Å². The quantitative estimate of drug-likeness (QED) is 0.242. The molecule has 0 unspecified atom stereocenters. The normalized spacial score (nSPS) is 18.1. The summed E-state index contributed by atoms with van der Waals surface area (Å²) >= 11 is 0. The van der Waals surface area contributed by atoms with Crippen LogP contribution in [0.2, 0.25) is 0 Å². The number of nitriles is 1. The van der Waals surface area contributed by atoms with Crippen molar-refractivity contribution in [2.24, 2.45) is 10.4 Å². The van der Waals surface area contributed by atoms with Crippen LogP contribution >= 0.6 is 0 Å². The number of allylic oxidation sites excluding steroid dienone is 1. The van der Waals surface area contributed by atoms with Crippen LogP contribution in [0.4, 0.5) is 0 Å². The molecule has 1 amide bonds. The summed E-state index contributed by atoms with van der Waals surface area (Å²) in [6.45, 7) is 6.75. The van der Waals surface area contributed by atoms with E-state index in [0.29, 0.717) is 25.1 Å². The number of ether oxygens (including phenoxy) is 1. The molecule has 0 aliphatic heterocycles. The molecule has 7 heteroatoms. The molecular formula is C29H42N4O3. The van der Waals surface area contributed by atoms with Gasteiger partial charge in [-0.05, 0) is 96.6 Å². The molecule has 1 heterocycles. The minimum atomic E-state index is -0.544. The van der Waals surface area contributed by atoms with E-state index in [0.717, 1.165) is 25.1 Å². The summed E-state index contributed by atoms with van der Waals surface area (Å²) < 4.78 is 11.4. The zero-order valence-electron chi connectivity index (χ0n) is 22.4. The Morgan fingerprint density at radius 2 is 2.08 bits per heavy atom. The SMILES string of the molecule is CN(C)CCCOC(C)(C)C(/C=C\CNC(=O)c1ccc(C#N)o1)=N/CC1=CCC2(CCCC2)CC1. The number of amides is 1. The standard InChI is InChI=1S/C29H42N4O3/c1-28(2,35-20-8-19-33(3)4)26(9-7-18-31-27(34)25-11-10-24(21-30)36-25)32-22-23-12-16-29(17-13-23)14-5-6-15-29/h7,9-12H,5-6,8,13-20,22H2,1-4H3,(H,31,34)/b9-7-,32-26+. The third kappa shape index (κ3) is 8.18. The number of furan rings is 1. The Labute approximate surface area is 216 Å². The molecule has 1 N–H and O–H groups in total. The molecule has 1 fully saturated rings. The number of hydrogen-bond acceptors (Lipinski definition) is 6. The predicted molar refractivity (Wildman–Crippen MR) is 143 cm³/mol. The van der Waals surface area contributed by atoms with Crippen molar-refractivity contribution in [1.29, 1.82) is 5.26 Å². The fourth-order valence-electron chi connectivity index (χ4n) is 5.06. The molecule has 0 atom stereocenters. The maximum Gasteiger partial charge on any atom is 0.287 e. The van der Waals surface area contributed by atoms with E-state index in [-0.39, 0.29) is 17.4 Å². The molecule has 0 bridgehead atoms. The first-order valence-corrected chi connectivity index (χ1v) is 13.2. The lowest BCUT2D eigenvalue weighted by atomic mass is 9.74. The van der Waals surface area contributed by atoms with Gasteiger partial charge in [0.2, 0.25) is 5.76 Å². The van der Waals surface area contributed by atoms with Crippen LogP contribution in [0.25, 0.3) is 0 Å². The lowest BCUT2D eigenvalue weighted by Gasteiger charge is -2.32. The Morgan fingerprint density at radius 3 is 2.72 bits per heavy atom. The van der Waals surface area contributed by atoms with Crippen LogP contribution in [0.5, 0.6) is 0 Å². The highest BCUT2D eigenvalue weighted by atomic mass is 16.5. The van der Waals surface area contributed by atoms with Crippen LogP contribution in [0.15, 0.2) is 45.3 Å². The molecule has 36 heavy (non-hydrogen) atoms. The fourth-order valence-corrected chi connectivity index (χ4v) is 5.06. The third-order valence-electron chi connectivity index (χ3n) is 7.34. The summed E-state index contributed by atoms with van der Waals surface area (Å²) in [7, 11) is 4.12. The summed E-state index contributed by atoms with van der Waals surface area (Å²) in [6.07, 6.45) is 16.4. The summed E-state index contributed by atoms with van der Waals surface area (Å²) in [6, 6.07) is 4.87. The molecule has 1 saturated carbocycles. The summed E-state index contributed by atoms with van der Waals surface area (Å²) in [5, 5.41) is 11.7. The number of hydrogen-bond donors (Lipinski definition) is 1. The highest BCUT2D eigenvalue weighted by Gasteiger charge is 2.34. The van der Waals surface area contributed by atoms with E-state index in [4.69, 9.17) is 19.4 Å². The zero-order valence-corrected chi connectivity index (χ0v) is 22.4. The minimum Gasteiger partial charge on any atom is -0.440 e. The largest absolute Gasteiger partial charge is 0.440 e. The van der Waals surface area contributed by atoms with Gasteiger partial charge in [-0.3, -0.25) is 9.79 Å². The smallest absolute Gasteiger partial charge is 0.287 e. The Kier molecular flexibility index (Phi) is 10.1. The van der Waals surface area contributed by atoms with Crippen LogP contribution in [0, 0.1) is 16.7 Å². The van der Waals surface area contributed by atoms with E-state index in [1.54, 1.807) is 0 Å². The van der Waals surface area contributed by atoms with Crippen LogP contribution in [0.3, 0.4) is 0 Å². The molecule has 0 aromatic carbocycles. The lowest BCUT2D eigenvalue weighted by molar-refractivity contribution is 0.0312. The monoisotopic (exact) mass is 494 g/mol. The minimum absolute atomic E-state index is 0.120. The van der Waals surface area contributed by atoms with Crippen molar-refractivity contribution in [2.45, 2.75) is 70.8 Å². The van der Waals surface area contributed by atoms with Gasteiger partial charge < -0.3 is 19.4 Å². The lowest BCUT2D eigenvalue weighted by Crippen LogP contribution is -2.35. The van der Waals surface area contributed by atoms with Gasteiger partial charge in [0, 0.05) is 13.2 Å². The summed E-state index contributed by atoms with van der Waals surface area (Å²) in [5.41, 5.74) is 2.30. The zero-order chi connectivity index (χ0) is 26.0. The van der Waals surface area contributed by atoms with Gasteiger partial charge in [-0.15, -0.1) is 0 Å². The van der Waals surface area contributed by atoms with E-state index < -0.39 is 5.60 Å². The van der Waals surface area contributed by atoms with Crippen molar-refractivity contribution >= 4 is 11.6 Å². The van der Waals surface area contributed by atoms with E-state index in [1.165, 1.54) is 56.2 Å². The van der Waals surface area contributed by atoms with Gasteiger partial charge in [-0.2, -0.15) is 5.26 Å². The second-order valence-electron chi connectivity index (χ2n) is 10.9. The average molecular weight is 495 g/mol. The Balaban J connectivity index is 1.62. The second-order valence-corrected chi connectivity index (χ2v) is 10.9. The van der Waals surface area contributed by atoms with Crippen molar-refractivity contribution in [3.8, 4) is 6.07 Å². The van der Waals surface area contributed by atoms with Gasteiger partial charge in [0.15, 0.2) is 5.76 Å². The molecule has 0 saturated heterocycles. The Bertz CT molecular complexity index is 1000. The molecule has 1 aromatic rings. The van der Waals surface area contributed by atoms with Crippen LogP contribution in [-0.4, -0.2) is 62.5 Å². The first-order valence-electron chi connectivity index (χ1n) is 13.2. The number of carbonyl (C=O) groups excluding carboxylic acids is 1. The van der Waals surface area contributed by atoms with Crippen molar-refractivity contribution in [3.05, 3.63) is 47.5 Å². The van der Waals surface area contributed by atoms with E-state index >= 15 is 0 Å². The van der Waals surface area contributed by atoms with Gasteiger partial charge in [-0.1, -0.05) is 30.6 Å². The summed E-state index contributed by atoms with van der Waals surface area (Å²) in [4.78, 5) is 19.4. The molecule has 3 rings (SSSR count). The third-order valence-corrected chi connectivity index (χ3v) is 7.34. The molecule has 2 aliphatic carbocycles. The topological polar surface area (TPSA) is 90.9 Å². The molecule has 0 radical (unpaired) electrons. The molecular weight excluding hydrogens is 452 g/mol. The number of rotatable bonds is 12. The number of nitrogens with zero attached hydrogens (tertiary/aromatic N) is 3. The van der Waals surface area contributed by atoms with Gasteiger partial charge in [0.05, 0.1) is 12.3 Å². The maximum atomic E-state index is 12.3. The predicted octanol–water partition coefficient (Wildman–Crippen LogP) is 5.30.